The predicted molar refractivity (Wildman–Crippen MR) is 40.7 cm³/mol. The van der Waals surface area contributed by atoms with Gasteiger partial charge in [-0.3, -0.25) is 0 Å². The smallest absolute Gasteiger partial charge is 0.387 e. The lowest BCUT2D eigenvalue weighted by molar-refractivity contribution is -0.0522. The third-order valence-corrected chi connectivity index (χ3v) is 1.60. The van der Waals surface area contributed by atoms with Crippen LogP contribution in [0, 0.1) is 5.82 Å². The monoisotopic (exact) mass is 240 g/mol. The van der Waals surface area contributed by atoms with Crippen LogP contribution in [-0.4, -0.2) is 6.61 Å². The highest BCUT2D eigenvalue weighted by Crippen LogP contribution is 2.22. The summed E-state index contributed by atoms with van der Waals surface area (Å²) in [6.45, 7) is -3.00. The fourth-order valence-corrected chi connectivity index (χ4v) is 1.000. The van der Waals surface area contributed by atoms with Gasteiger partial charge in [0.25, 0.3) is 0 Å². The number of hydrogen-bond acceptors (Lipinski definition) is 1. The fourth-order valence-electron chi connectivity index (χ4n) is 0.667. The van der Waals surface area contributed by atoms with Crippen LogP contribution in [0.15, 0.2) is 22.7 Å². The second-order valence-electron chi connectivity index (χ2n) is 1.95. The van der Waals surface area contributed by atoms with Crippen molar-refractivity contribution in [2.75, 3.05) is 0 Å². The first-order chi connectivity index (χ1) is 5.59. The Kier molecular flexibility index (Phi) is 2.97. The number of halogens is 4. The Morgan fingerprint density at radius 2 is 2.00 bits per heavy atom. The van der Waals surface area contributed by atoms with E-state index in [2.05, 4.69) is 20.7 Å². The maximum Gasteiger partial charge on any atom is 0.387 e. The van der Waals surface area contributed by atoms with Crippen molar-refractivity contribution in [3.8, 4) is 5.75 Å². The van der Waals surface area contributed by atoms with Crippen LogP contribution in [0.2, 0.25) is 0 Å². The number of alkyl halides is 2. The van der Waals surface area contributed by atoms with Crippen LogP contribution in [0.5, 0.6) is 5.75 Å². The number of benzene rings is 1. The lowest BCUT2D eigenvalue weighted by atomic mass is 10.3. The van der Waals surface area contributed by atoms with Crippen molar-refractivity contribution in [1.29, 1.82) is 0 Å². The average molecular weight is 241 g/mol. The zero-order chi connectivity index (χ0) is 9.14. The van der Waals surface area contributed by atoms with E-state index in [0.29, 0.717) is 4.47 Å². The second-order valence-corrected chi connectivity index (χ2v) is 2.87. The van der Waals surface area contributed by atoms with Crippen LogP contribution in [0.25, 0.3) is 0 Å². The number of ether oxygens (including phenoxy) is 1. The maximum atomic E-state index is 12.7. The van der Waals surface area contributed by atoms with Crippen LogP contribution >= 0.6 is 15.9 Å². The summed E-state index contributed by atoms with van der Waals surface area (Å²) in [5.41, 5.74) is 0. The van der Waals surface area contributed by atoms with Crippen LogP contribution in [0.3, 0.4) is 0 Å². The predicted octanol–water partition coefficient (Wildman–Crippen LogP) is 3.19. The molecule has 0 aliphatic heterocycles. The summed E-state index contributed by atoms with van der Waals surface area (Å²) in [6, 6.07) is 3.60. The van der Waals surface area contributed by atoms with E-state index in [1.165, 1.54) is 6.07 Å². The van der Waals surface area contributed by atoms with Crippen LogP contribution < -0.4 is 4.74 Å². The van der Waals surface area contributed by atoms with E-state index in [1.807, 2.05) is 0 Å². The highest BCUT2D eigenvalue weighted by Gasteiger charge is 2.08. The Hall–Kier alpha value is -0.710. The molecule has 0 unspecified atom stereocenters. The van der Waals surface area contributed by atoms with Gasteiger partial charge in [-0.05, 0) is 18.2 Å². The molecule has 0 aliphatic carbocycles. The molecular weight excluding hydrogens is 237 g/mol. The summed E-state index contributed by atoms with van der Waals surface area (Å²) in [5.74, 6) is -1.27. The standard InChI is InChI=1S/C7H4BrF3O/c8-4-1-2-6(5(9)3-4)12-7(10)11/h1-3,7H. The summed E-state index contributed by atoms with van der Waals surface area (Å²) in [5, 5.41) is 0. The van der Waals surface area contributed by atoms with Gasteiger partial charge in [-0.15, -0.1) is 0 Å². The van der Waals surface area contributed by atoms with Crippen molar-refractivity contribution < 1.29 is 17.9 Å². The first-order valence-electron chi connectivity index (χ1n) is 2.99. The van der Waals surface area contributed by atoms with E-state index >= 15 is 0 Å². The summed E-state index contributed by atoms with van der Waals surface area (Å²) in [4.78, 5) is 0. The highest BCUT2D eigenvalue weighted by molar-refractivity contribution is 9.10. The Morgan fingerprint density at radius 1 is 1.33 bits per heavy atom. The van der Waals surface area contributed by atoms with Gasteiger partial charge in [-0.2, -0.15) is 8.78 Å². The van der Waals surface area contributed by atoms with E-state index in [-0.39, 0.29) is 0 Å². The molecule has 0 atom stereocenters. The zero-order valence-corrected chi connectivity index (χ0v) is 7.32. The first-order valence-corrected chi connectivity index (χ1v) is 3.79. The van der Waals surface area contributed by atoms with Gasteiger partial charge in [0.2, 0.25) is 0 Å². The maximum absolute atomic E-state index is 12.7. The van der Waals surface area contributed by atoms with E-state index in [9.17, 15) is 13.2 Å². The van der Waals surface area contributed by atoms with Gasteiger partial charge in [0.1, 0.15) is 0 Å². The van der Waals surface area contributed by atoms with Crippen molar-refractivity contribution in [2.45, 2.75) is 6.61 Å². The molecule has 0 amide bonds. The SMILES string of the molecule is Fc1cc(Br)ccc1OC(F)F. The minimum Gasteiger partial charge on any atom is -0.432 e. The van der Waals surface area contributed by atoms with Crippen molar-refractivity contribution >= 4 is 15.9 Å². The Balaban J connectivity index is 2.86. The molecule has 0 saturated heterocycles. The molecule has 66 valence electrons. The van der Waals surface area contributed by atoms with Crippen LogP contribution in [0.1, 0.15) is 0 Å². The topological polar surface area (TPSA) is 9.23 Å². The summed E-state index contributed by atoms with van der Waals surface area (Å²) in [7, 11) is 0. The first kappa shape index (κ1) is 9.38. The molecule has 0 aromatic heterocycles. The number of rotatable bonds is 2. The average Bonchev–Trinajstić information content (AvgIpc) is 1.94. The van der Waals surface area contributed by atoms with E-state index < -0.39 is 18.2 Å². The largest absolute Gasteiger partial charge is 0.432 e. The van der Waals surface area contributed by atoms with Crippen molar-refractivity contribution in [2.24, 2.45) is 0 Å². The quantitative estimate of drug-likeness (QED) is 0.772. The minimum absolute atomic E-state index is 0.451. The molecule has 0 bridgehead atoms. The van der Waals surface area contributed by atoms with Gasteiger partial charge < -0.3 is 4.74 Å². The number of hydrogen-bond donors (Lipinski definition) is 0. The summed E-state index contributed by atoms with van der Waals surface area (Å²) >= 11 is 2.98. The molecule has 0 N–H and O–H groups in total. The zero-order valence-electron chi connectivity index (χ0n) is 5.73. The van der Waals surface area contributed by atoms with Crippen molar-refractivity contribution in [3.05, 3.63) is 28.5 Å². The molecule has 12 heavy (non-hydrogen) atoms. The third kappa shape index (κ3) is 2.41. The summed E-state index contributed by atoms with van der Waals surface area (Å²) < 4.78 is 40.3. The van der Waals surface area contributed by atoms with E-state index in [4.69, 9.17) is 0 Å². The molecule has 5 heteroatoms. The van der Waals surface area contributed by atoms with Gasteiger partial charge in [-0.25, -0.2) is 4.39 Å². The molecule has 1 aromatic rings. The Morgan fingerprint density at radius 3 is 2.50 bits per heavy atom. The van der Waals surface area contributed by atoms with Crippen molar-refractivity contribution in [3.63, 3.8) is 0 Å². The molecule has 0 spiro atoms. The second kappa shape index (κ2) is 3.80. The molecular formula is C7H4BrF3O. The molecule has 1 rings (SSSR count). The van der Waals surface area contributed by atoms with E-state index in [0.717, 1.165) is 12.1 Å². The normalized spacial score (nSPS) is 10.4. The Bertz CT molecular complexity index is 277. The van der Waals surface area contributed by atoms with E-state index in [1.54, 1.807) is 0 Å². The van der Waals surface area contributed by atoms with Gasteiger partial charge in [0.15, 0.2) is 11.6 Å². The summed E-state index contributed by atoms with van der Waals surface area (Å²) in [6.07, 6.45) is 0. The lowest BCUT2D eigenvalue weighted by Gasteiger charge is -2.04. The van der Waals surface area contributed by atoms with Gasteiger partial charge in [-0.1, -0.05) is 15.9 Å². The van der Waals surface area contributed by atoms with Gasteiger partial charge in [0, 0.05) is 4.47 Å². The third-order valence-electron chi connectivity index (χ3n) is 1.11. The highest BCUT2D eigenvalue weighted by atomic mass is 79.9. The minimum atomic E-state index is -3.00. The Labute approximate surface area is 75.3 Å². The van der Waals surface area contributed by atoms with Crippen LogP contribution in [-0.2, 0) is 0 Å². The molecule has 0 saturated carbocycles. The fraction of sp³-hybridized carbons (Fsp3) is 0.143. The lowest BCUT2D eigenvalue weighted by Crippen LogP contribution is -2.03. The molecule has 1 nitrogen and oxygen atoms in total. The van der Waals surface area contributed by atoms with Crippen LogP contribution in [0.4, 0.5) is 13.2 Å². The molecule has 1 aromatic carbocycles. The molecule has 0 heterocycles. The molecule has 0 aliphatic rings. The van der Waals surface area contributed by atoms with Crippen molar-refractivity contribution in [1.82, 2.24) is 0 Å². The van der Waals surface area contributed by atoms with Gasteiger partial charge in [0.05, 0.1) is 0 Å². The molecule has 0 fully saturated rings. The van der Waals surface area contributed by atoms with Gasteiger partial charge >= 0.3 is 6.61 Å². The molecule has 0 radical (unpaired) electrons.